The van der Waals surface area contributed by atoms with Gasteiger partial charge in [0.15, 0.2) is 6.17 Å². The van der Waals surface area contributed by atoms with Gasteiger partial charge in [-0.1, -0.05) is 0 Å². The zero-order valence-corrected chi connectivity index (χ0v) is 13.9. The minimum atomic E-state index is -7.65. The first kappa shape index (κ1) is 24.2. The normalized spacial score (nSPS) is 17.1. The molecule has 0 aromatic heterocycles. The molecule has 0 aliphatic carbocycles. The Morgan fingerprint density at radius 2 is 1.04 bits per heavy atom. The molecule has 0 bridgehead atoms. The molecule has 0 heterocycles. The molecular formula is C8H5Cl3F12Si. The molecule has 1 atom stereocenters. The Hall–Kier alpha value is 0.247. The number of alkyl halides is 12. The molecule has 0 aromatic carbocycles. The molecule has 0 aromatic rings. The second-order valence-electron chi connectivity index (χ2n) is 4.47. The first-order valence-electron chi connectivity index (χ1n) is 5.41. The highest BCUT2D eigenvalue weighted by Crippen LogP contribution is 2.58. The Morgan fingerprint density at radius 3 is 1.33 bits per heavy atom. The molecule has 0 spiro atoms. The second-order valence-corrected chi connectivity index (χ2v) is 13.7. The monoisotopic (exact) mass is 462 g/mol. The molecule has 0 aliphatic heterocycles. The minimum Gasteiger partial charge on any atom is -0.241 e. The van der Waals surface area contributed by atoms with E-state index in [1.54, 1.807) is 0 Å². The van der Waals surface area contributed by atoms with Crippen molar-refractivity contribution < 1.29 is 52.7 Å². The van der Waals surface area contributed by atoms with Gasteiger partial charge in [0.2, 0.25) is 0 Å². The van der Waals surface area contributed by atoms with Crippen LogP contribution >= 0.6 is 33.2 Å². The smallest absolute Gasteiger partial charge is 0.241 e. The molecule has 0 fully saturated rings. The molecule has 16 heteroatoms. The van der Waals surface area contributed by atoms with Crippen LogP contribution < -0.4 is 0 Å². The lowest BCUT2D eigenvalue weighted by molar-refractivity contribution is -0.426. The zero-order chi connectivity index (χ0) is 20.0. The van der Waals surface area contributed by atoms with E-state index < -0.39 is 54.5 Å². The molecule has 0 N–H and O–H groups in total. The maximum absolute atomic E-state index is 13.2. The van der Waals surface area contributed by atoms with E-state index >= 15 is 0 Å². The van der Waals surface area contributed by atoms with Gasteiger partial charge in [0.25, 0.3) is 0 Å². The topological polar surface area (TPSA) is 0 Å². The van der Waals surface area contributed by atoms with Crippen LogP contribution in [0.5, 0.6) is 0 Å². The van der Waals surface area contributed by atoms with E-state index in [0.29, 0.717) is 0 Å². The highest BCUT2D eigenvalue weighted by Gasteiger charge is 2.88. The lowest BCUT2D eigenvalue weighted by Crippen LogP contribution is -2.68. The van der Waals surface area contributed by atoms with Gasteiger partial charge in [-0.05, 0) is 12.5 Å². The van der Waals surface area contributed by atoms with Crippen molar-refractivity contribution in [2.24, 2.45) is 0 Å². The molecule has 0 rings (SSSR count). The van der Waals surface area contributed by atoms with Gasteiger partial charge in [0, 0.05) is 0 Å². The first-order valence-corrected chi connectivity index (χ1v) is 10.7. The Kier molecular flexibility index (Phi) is 6.83. The Bertz CT molecular complexity index is 443. The third-order valence-electron chi connectivity index (χ3n) is 2.64. The summed E-state index contributed by atoms with van der Waals surface area (Å²) in [7, 11) is 0. The molecule has 24 heavy (non-hydrogen) atoms. The van der Waals surface area contributed by atoms with Gasteiger partial charge in [-0.2, -0.15) is 48.3 Å². The summed E-state index contributed by atoms with van der Waals surface area (Å²) in [6.45, 7) is 0. The van der Waals surface area contributed by atoms with Gasteiger partial charge < -0.3 is 0 Å². The van der Waals surface area contributed by atoms with Crippen molar-refractivity contribution >= 4 is 39.2 Å². The summed E-state index contributed by atoms with van der Waals surface area (Å²) in [6, 6.07) is -4.99. The molecule has 146 valence electrons. The summed E-state index contributed by atoms with van der Waals surface area (Å²) < 4.78 is 152. The quantitative estimate of drug-likeness (QED) is 0.231. The average molecular weight is 464 g/mol. The maximum Gasteiger partial charge on any atom is 0.460 e. The third-order valence-corrected chi connectivity index (χ3v) is 5.19. The van der Waals surface area contributed by atoms with Crippen molar-refractivity contribution in [2.45, 2.75) is 48.5 Å². The lowest BCUT2D eigenvalue weighted by atomic mass is 9.94. The maximum atomic E-state index is 13.2. The van der Waals surface area contributed by atoms with Crippen LogP contribution in [0.2, 0.25) is 6.04 Å². The average Bonchev–Trinajstić information content (AvgIpc) is 2.32. The van der Waals surface area contributed by atoms with Crippen LogP contribution in [0.3, 0.4) is 0 Å². The van der Waals surface area contributed by atoms with Crippen molar-refractivity contribution in [1.29, 1.82) is 0 Å². The van der Waals surface area contributed by atoms with E-state index in [0.717, 1.165) is 0 Å². The summed E-state index contributed by atoms with van der Waals surface area (Å²) in [5.41, 5.74) is 0. The standard InChI is InChI=1S/C8H5Cl3F12Si/c9-24(10,11)2-1-3(12)4(13,14)5(15,16)6(17,18)7(19,20)8(21,22)23/h3H,1-2H2. The molecule has 1 unspecified atom stereocenters. The highest BCUT2D eigenvalue weighted by molar-refractivity contribution is 7.64. The van der Waals surface area contributed by atoms with Crippen LogP contribution in [-0.4, -0.2) is 42.0 Å². The van der Waals surface area contributed by atoms with Crippen LogP contribution in [0, 0.1) is 0 Å². The summed E-state index contributed by atoms with van der Waals surface area (Å²) in [6.07, 6.45) is -13.4. The highest BCUT2D eigenvalue weighted by atomic mass is 35.8. The number of hydrogen-bond acceptors (Lipinski definition) is 0. The molecule has 0 nitrogen and oxygen atoms in total. The molecule has 0 radical (unpaired) electrons. The molecule has 0 saturated heterocycles. The zero-order valence-electron chi connectivity index (χ0n) is 10.7. The molecular weight excluding hydrogens is 459 g/mol. The van der Waals surface area contributed by atoms with Gasteiger partial charge >= 0.3 is 35.9 Å². The van der Waals surface area contributed by atoms with Crippen molar-refractivity contribution in [3.05, 3.63) is 0 Å². The third kappa shape index (κ3) is 4.31. The van der Waals surface area contributed by atoms with Crippen LogP contribution in [0.1, 0.15) is 6.42 Å². The van der Waals surface area contributed by atoms with E-state index in [1.165, 1.54) is 0 Å². The lowest BCUT2D eigenvalue weighted by Gasteiger charge is -2.38. The summed E-state index contributed by atoms with van der Waals surface area (Å²) in [5.74, 6) is -29.2. The van der Waals surface area contributed by atoms with E-state index in [9.17, 15) is 52.7 Å². The van der Waals surface area contributed by atoms with Crippen LogP contribution in [-0.2, 0) is 0 Å². The molecule has 0 amide bonds. The SMILES string of the molecule is FC(CC[Si](Cl)(Cl)Cl)C(F)(F)C(F)(F)C(F)(F)C(F)(F)C(F)(F)F. The molecule has 0 saturated carbocycles. The Morgan fingerprint density at radius 1 is 0.667 bits per heavy atom. The van der Waals surface area contributed by atoms with Crippen molar-refractivity contribution in [2.75, 3.05) is 0 Å². The van der Waals surface area contributed by atoms with Gasteiger partial charge in [0.1, 0.15) is 0 Å². The second kappa shape index (κ2) is 6.76. The fourth-order valence-corrected chi connectivity index (χ4v) is 2.82. The molecule has 0 aliphatic rings. The van der Waals surface area contributed by atoms with Crippen LogP contribution in [0.4, 0.5) is 52.7 Å². The Labute approximate surface area is 141 Å². The summed E-state index contributed by atoms with van der Waals surface area (Å²) in [4.78, 5) is 0. The van der Waals surface area contributed by atoms with Gasteiger partial charge in [-0.15, -0.1) is 33.2 Å². The van der Waals surface area contributed by atoms with Crippen molar-refractivity contribution in [3.63, 3.8) is 0 Å². The van der Waals surface area contributed by atoms with Gasteiger partial charge in [-0.3, -0.25) is 0 Å². The van der Waals surface area contributed by atoms with E-state index in [1.807, 2.05) is 0 Å². The number of rotatable bonds is 7. The summed E-state index contributed by atoms with van der Waals surface area (Å²) >= 11 is 15.4. The number of hydrogen-bond donors (Lipinski definition) is 0. The van der Waals surface area contributed by atoms with Crippen LogP contribution in [0.25, 0.3) is 0 Å². The van der Waals surface area contributed by atoms with Crippen molar-refractivity contribution in [3.8, 4) is 0 Å². The van der Waals surface area contributed by atoms with E-state index in [2.05, 4.69) is 0 Å². The predicted octanol–water partition coefficient (Wildman–Crippen LogP) is 6.47. The van der Waals surface area contributed by atoms with E-state index in [-0.39, 0.29) is 0 Å². The Balaban J connectivity index is 5.76. The largest absolute Gasteiger partial charge is 0.460 e. The predicted molar refractivity (Wildman–Crippen MR) is 63.5 cm³/mol. The van der Waals surface area contributed by atoms with Crippen molar-refractivity contribution in [1.82, 2.24) is 0 Å². The van der Waals surface area contributed by atoms with Gasteiger partial charge in [0.05, 0.1) is 0 Å². The number of halogens is 15. The van der Waals surface area contributed by atoms with Gasteiger partial charge in [-0.25, -0.2) is 4.39 Å². The fraction of sp³-hybridized carbons (Fsp3) is 1.00. The minimum absolute atomic E-state index is 1.11. The first-order chi connectivity index (χ1) is 10.1. The van der Waals surface area contributed by atoms with E-state index in [4.69, 9.17) is 33.2 Å². The summed E-state index contributed by atoms with van der Waals surface area (Å²) in [5, 5.41) is 0. The van der Waals surface area contributed by atoms with Crippen LogP contribution in [0.15, 0.2) is 0 Å². The fourth-order valence-electron chi connectivity index (χ4n) is 1.25.